The molecule has 0 saturated carbocycles. The molecular weight excluding hydrogens is 240 g/mol. The minimum absolute atomic E-state index is 0.0169. The smallest absolute Gasteiger partial charge is 0.255 e. The Morgan fingerprint density at radius 3 is 2.59 bits per heavy atom. The van der Waals surface area contributed by atoms with Gasteiger partial charge in [-0.15, -0.1) is 0 Å². The van der Waals surface area contributed by atoms with Crippen LogP contribution >= 0.6 is 0 Å². The van der Waals surface area contributed by atoms with Crippen molar-refractivity contribution < 1.29 is 13.2 Å². The maximum atomic E-state index is 12.1. The minimum Gasteiger partial charge on any atom is -0.367 e. The first-order valence-corrected chi connectivity index (χ1v) is 7.52. The molecule has 6 heteroatoms. The van der Waals surface area contributed by atoms with Gasteiger partial charge >= 0.3 is 0 Å². The van der Waals surface area contributed by atoms with E-state index in [0.717, 1.165) is 0 Å². The fourth-order valence-corrected chi connectivity index (χ4v) is 2.86. The molecule has 1 amide bonds. The van der Waals surface area contributed by atoms with Crippen molar-refractivity contribution >= 4 is 15.7 Å². The van der Waals surface area contributed by atoms with E-state index in [2.05, 4.69) is 4.98 Å². The van der Waals surface area contributed by atoms with Gasteiger partial charge in [-0.2, -0.15) is 0 Å². The molecule has 96 valence electrons. The Bertz CT molecular complexity index is 465. The van der Waals surface area contributed by atoms with Gasteiger partial charge in [0.1, 0.15) is 9.84 Å². The third kappa shape index (κ3) is 3.89. The van der Waals surface area contributed by atoms with Crippen LogP contribution in [0.25, 0.3) is 0 Å². The lowest BCUT2D eigenvalue weighted by atomic mass is 10.2. The Balaban J connectivity index is 2.81. The van der Waals surface area contributed by atoms with Gasteiger partial charge in [0.2, 0.25) is 0 Å². The zero-order valence-corrected chi connectivity index (χ0v) is 11.1. The number of aromatic nitrogens is 1. The molecule has 0 saturated heterocycles. The van der Waals surface area contributed by atoms with E-state index in [9.17, 15) is 13.2 Å². The molecular formula is C11H18N2O3S. The number of nitrogens with zero attached hydrogens (tertiary/aromatic N) is 1. The van der Waals surface area contributed by atoms with E-state index in [0.29, 0.717) is 12.1 Å². The number of nitrogens with one attached hydrogen (secondary N) is 1. The summed E-state index contributed by atoms with van der Waals surface area (Å²) in [7, 11) is -3.08. The second-order valence-corrected chi connectivity index (χ2v) is 6.32. The van der Waals surface area contributed by atoms with Gasteiger partial charge in [-0.3, -0.25) is 4.79 Å². The van der Waals surface area contributed by atoms with E-state index in [1.807, 2.05) is 6.92 Å². The molecule has 0 bridgehead atoms. The molecule has 0 aliphatic rings. The monoisotopic (exact) mass is 258 g/mol. The molecule has 0 aliphatic carbocycles. The molecule has 1 N–H and O–H groups in total. The van der Waals surface area contributed by atoms with Crippen LogP contribution in [0.2, 0.25) is 0 Å². The van der Waals surface area contributed by atoms with Crippen LogP contribution in [0, 0.1) is 0 Å². The Morgan fingerprint density at radius 1 is 1.53 bits per heavy atom. The van der Waals surface area contributed by atoms with Gasteiger partial charge in [-0.25, -0.2) is 8.42 Å². The number of hydrogen-bond acceptors (Lipinski definition) is 3. The van der Waals surface area contributed by atoms with Crippen molar-refractivity contribution in [3.63, 3.8) is 0 Å². The van der Waals surface area contributed by atoms with E-state index >= 15 is 0 Å². The normalized spacial score (nSPS) is 13.4. The van der Waals surface area contributed by atoms with Crippen molar-refractivity contribution in [1.29, 1.82) is 0 Å². The van der Waals surface area contributed by atoms with Gasteiger partial charge in [0.25, 0.3) is 5.91 Å². The molecule has 1 heterocycles. The SMILES string of the molecule is CCN(C(=O)c1cc[nH]c1)C(C)CS(C)(=O)=O. The third-order valence-corrected chi connectivity index (χ3v) is 3.61. The topological polar surface area (TPSA) is 70.2 Å². The van der Waals surface area contributed by atoms with Gasteiger partial charge in [-0.1, -0.05) is 0 Å². The number of carbonyl (C=O) groups is 1. The predicted octanol–water partition coefficient (Wildman–Crippen LogP) is 0.910. The fourth-order valence-electron chi connectivity index (χ4n) is 1.81. The quantitative estimate of drug-likeness (QED) is 0.853. The predicted molar refractivity (Wildman–Crippen MR) is 66.7 cm³/mol. The van der Waals surface area contributed by atoms with Crippen molar-refractivity contribution in [3.05, 3.63) is 24.0 Å². The van der Waals surface area contributed by atoms with Crippen LogP contribution in [0.4, 0.5) is 0 Å². The highest BCUT2D eigenvalue weighted by molar-refractivity contribution is 7.90. The lowest BCUT2D eigenvalue weighted by Crippen LogP contribution is -2.42. The highest BCUT2D eigenvalue weighted by Gasteiger charge is 2.22. The number of amides is 1. The molecule has 0 radical (unpaired) electrons. The van der Waals surface area contributed by atoms with Gasteiger partial charge < -0.3 is 9.88 Å². The molecule has 1 unspecified atom stereocenters. The second-order valence-electron chi connectivity index (χ2n) is 4.13. The molecule has 1 aromatic heterocycles. The van der Waals surface area contributed by atoms with Crippen molar-refractivity contribution in [2.75, 3.05) is 18.6 Å². The average molecular weight is 258 g/mol. The Morgan fingerprint density at radius 2 is 2.18 bits per heavy atom. The summed E-state index contributed by atoms with van der Waals surface area (Å²) in [6.07, 6.45) is 4.46. The summed E-state index contributed by atoms with van der Waals surface area (Å²) in [5.74, 6) is -0.165. The molecule has 0 aromatic carbocycles. The second kappa shape index (κ2) is 5.35. The van der Waals surface area contributed by atoms with Crippen molar-refractivity contribution in [1.82, 2.24) is 9.88 Å². The van der Waals surface area contributed by atoms with E-state index < -0.39 is 9.84 Å². The Labute approximate surface area is 102 Å². The van der Waals surface area contributed by atoms with Gasteiger partial charge in [0.05, 0.1) is 11.3 Å². The maximum Gasteiger partial charge on any atom is 0.255 e. The van der Waals surface area contributed by atoms with Gasteiger partial charge in [-0.05, 0) is 19.9 Å². The van der Waals surface area contributed by atoms with Crippen LogP contribution in [0.5, 0.6) is 0 Å². The Kier molecular flexibility index (Phi) is 4.34. The van der Waals surface area contributed by atoms with Crippen molar-refractivity contribution in [3.8, 4) is 0 Å². The van der Waals surface area contributed by atoms with E-state index in [-0.39, 0.29) is 17.7 Å². The fraction of sp³-hybridized carbons (Fsp3) is 0.545. The number of sulfone groups is 1. The summed E-state index contributed by atoms with van der Waals surface area (Å²) in [5.41, 5.74) is 0.548. The van der Waals surface area contributed by atoms with Crippen LogP contribution in [-0.2, 0) is 9.84 Å². The number of rotatable bonds is 5. The number of carbonyl (C=O) groups excluding carboxylic acids is 1. The molecule has 1 rings (SSSR count). The van der Waals surface area contributed by atoms with Crippen LogP contribution in [0.1, 0.15) is 24.2 Å². The van der Waals surface area contributed by atoms with E-state index in [4.69, 9.17) is 0 Å². The molecule has 0 fully saturated rings. The summed E-state index contributed by atoms with van der Waals surface area (Å²) in [6, 6.07) is 1.36. The molecule has 1 aromatic rings. The highest BCUT2D eigenvalue weighted by Crippen LogP contribution is 2.09. The molecule has 5 nitrogen and oxygen atoms in total. The largest absolute Gasteiger partial charge is 0.367 e. The average Bonchev–Trinajstić information content (AvgIpc) is 2.68. The number of hydrogen-bond donors (Lipinski definition) is 1. The van der Waals surface area contributed by atoms with Crippen LogP contribution in [-0.4, -0.2) is 48.8 Å². The van der Waals surface area contributed by atoms with Crippen LogP contribution in [0.3, 0.4) is 0 Å². The van der Waals surface area contributed by atoms with E-state index in [1.165, 1.54) is 6.26 Å². The summed E-state index contributed by atoms with van der Waals surface area (Å²) >= 11 is 0. The van der Waals surface area contributed by atoms with Crippen LogP contribution < -0.4 is 0 Å². The van der Waals surface area contributed by atoms with Gasteiger partial charge in [0.15, 0.2) is 0 Å². The number of aromatic amines is 1. The standard InChI is InChI=1S/C11H18N2O3S/c1-4-13(9(2)8-17(3,15)16)11(14)10-5-6-12-7-10/h5-7,9,12H,4,8H2,1-3H3. The summed E-state index contributed by atoms with van der Waals surface area (Å²) < 4.78 is 22.5. The molecule has 17 heavy (non-hydrogen) atoms. The van der Waals surface area contributed by atoms with Gasteiger partial charge in [0, 0.05) is 31.2 Å². The summed E-state index contributed by atoms with van der Waals surface area (Å²) in [6.45, 7) is 4.07. The first-order chi connectivity index (χ1) is 7.85. The lowest BCUT2D eigenvalue weighted by molar-refractivity contribution is 0.0719. The first kappa shape index (κ1) is 13.8. The molecule has 0 spiro atoms. The zero-order chi connectivity index (χ0) is 13.1. The van der Waals surface area contributed by atoms with Crippen molar-refractivity contribution in [2.24, 2.45) is 0 Å². The maximum absolute atomic E-state index is 12.1. The first-order valence-electron chi connectivity index (χ1n) is 5.46. The third-order valence-electron chi connectivity index (χ3n) is 2.52. The summed E-state index contributed by atoms with van der Waals surface area (Å²) in [4.78, 5) is 16.4. The lowest BCUT2D eigenvalue weighted by Gasteiger charge is -2.27. The molecule has 1 atom stereocenters. The van der Waals surface area contributed by atoms with Crippen LogP contribution in [0.15, 0.2) is 18.5 Å². The van der Waals surface area contributed by atoms with Crippen molar-refractivity contribution in [2.45, 2.75) is 19.9 Å². The molecule has 0 aliphatic heterocycles. The van der Waals surface area contributed by atoms with E-state index in [1.54, 1.807) is 30.3 Å². The zero-order valence-electron chi connectivity index (χ0n) is 10.3. The number of H-pyrrole nitrogens is 1. The minimum atomic E-state index is -3.08. The highest BCUT2D eigenvalue weighted by atomic mass is 32.2. The Hall–Kier alpha value is -1.30. The summed E-state index contributed by atoms with van der Waals surface area (Å²) in [5, 5.41) is 0.